The fraction of sp³-hybridized carbons (Fsp3) is 0.316. The standard InChI is InChI=1S/C19H25N2O7PS/c1-14-8-10-17(11-9-14)18(29(23,24)25)21-30(26,27)13-15(2)20-19(22)28-12-16-6-4-3-5-7-16/h3-11,15,18,21H,12-13H2,1-2H3,(H,20,22)(H2,23,24,25)/t15-,18?/m0/s1. The summed E-state index contributed by atoms with van der Waals surface area (Å²) in [5, 5.41) is 2.39. The van der Waals surface area contributed by atoms with Crippen molar-refractivity contribution in [2.45, 2.75) is 32.3 Å². The van der Waals surface area contributed by atoms with Crippen LogP contribution in [-0.4, -0.2) is 36.1 Å². The van der Waals surface area contributed by atoms with E-state index in [9.17, 15) is 27.6 Å². The van der Waals surface area contributed by atoms with Crippen LogP contribution in [0.3, 0.4) is 0 Å². The molecule has 0 aliphatic rings. The van der Waals surface area contributed by atoms with Crippen LogP contribution in [0, 0.1) is 6.92 Å². The number of rotatable bonds is 9. The smallest absolute Gasteiger partial charge is 0.407 e. The number of carbonyl (C=O) groups excluding carboxylic acids is 1. The lowest BCUT2D eigenvalue weighted by atomic mass is 10.1. The third-order valence-electron chi connectivity index (χ3n) is 4.07. The normalized spacial score (nSPS) is 14.0. The van der Waals surface area contributed by atoms with Gasteiger partial charge in [0.1, 0.15) is 12.4 Å². The first-order valence-electron chi connectivity index (χ1n) is 9.05. The molecular weight excluding hydrogens is 431 g/mol. The minimum atomic E-state index is -4.83. The minimum Gasteiger partial charge on any atom is -0.445 e. The first-order valence-corrected chi connectivity index (χ1v) is 12.4. The molecule has 0 spiro atoms. The Morgan fingerprint density at radius 3 is 2.27 bits per heavy atom. The van der Waals surface area contributed by atoms with Crippen LogP contribution < -0.4 is 10.0 Å². The molecule has 2 atom stereocenters. The molecule has 30 heavy (non-hydrogen) atoms. The lowest BCUT2D eigenvalue weighted by Gasteiger charge is -2.22. The molecule has 0 aliphatic carbocycles. The van der Waals surface area contributed by atoms with Crippen molar-refractivity contribution in [3.63, 3.8) is 0 Å². The summed E-state index contributed by atoms with van der Waals surface area (Å²) in [4.78, 5) is 31.1. The van der Waals surface area contributed by atoms with Crippen molar-refractivity contribution in [2.24, 2.45) is 0 Å². The Kier molecular flexibility index (Phi) is 8.17. The quantitative estimate of drug-likeness (QED) is 0.425. The van der Waals surface area contributed by atoms with Gasteiger partial charge in [0.2, 0.25) is 10.0 Å². The molecule has 4 N–H and O–H groups in total. The first kappa shape index (κ1) is 24.0. The highest BCUT2D eigenvalue weighted by molar-refractivity contribution is 7.89. The largest absolute Gasteiger partial charge is 0.445 e. The number of amides is 1. The predicted octanol–water partition coefficient (Wildman–Crippen LogP) is 2.41. The van der Waals surface area contributed by atoms with Crippen LogP contribution >= 0.6 is 7.60 Å². The van der Waals surface area contributed by atoms with Crippen LogP contribution in [0.25, 0.3) is 0 Å². The molecule has 0 saturated carbocycles. The maximum absolute atomic E-state index is 12.5. The zero-order valence-corrected chi connectivity index (χ0v) is 18.3. The van der Waals surface area contributed by atoms with E-state index in [0.717, 1.165) is 11.1 Å². The third kappa shape index (κ3) is 7.89. The van der Waals surface area contributed by atoms with E-state index in [0.29, 0.717) is 0 Å². The Morgan fingerprint density at radius 1 is 1.10 bits per heavy atom. The molecule has 2 aromatic rings. The Balaban J connectivity index is 1.97. The second-order valence-electron chi connectivity index (χ2n) is 6.91. The number of aryl methyl sites for hydroxylation is 1. The van der Waals surface area contributed by atoms with Gasteiger partial charge in [-0.2, -0.15) is 4.72 Å². The van der Waals surface area contributed by atoms with Crippen molar-refractivity contribution in [1.82, 2.24) is 10.0 Å². The Hall–Kier alpha value is -2.23. The maximum Gasteiger partial charge on any atom is 0.407 e. The number of carbonyl (C=O) groups is 1. The zero-order valence-electron chi connectivity index (χ0n) is 16.6. The summed E-state index contributed by atoms with van der Waals surface area (Å²) < 4.78 is 43.8. The molecule has 0 radical (unpaired) electrons. The molecule has 164 valence electrons. The summed E-state index contributed by atoms with van der Waals surface area (Å²) in [6.07, 6.45) is -0.799. The average molecular weight is 456 g/mol. The predicted molar refractivity (Wildman–Crippen MR) is 112 cm³/mol. The average Bonchev–Trinajstić information content (AvgIpc) is 2.65. The number of ether oxygens (including phenoxy) is 1. The van der Waals surface area contributed by atoms with Crippen molar-refractivity contribution < 1.29 is 32.3 Å². The molecule has 0 saturated heterocycles. The molecular formula is C19H25N2O7PS. The van der Waals surface area contributed by atoms with Gasteiger partial charge in [0, 0.05) is 6.04 Å². The van der Waals surface area contributed by atoms with Crippen molar-refractivity contribution in [3.05, 3.63) is 71.3 Å². The van der Waals surface area contributed by atoms with Gasteiger partial charge < -0.3 is 19.8 Å². The zero-order chi connectivity index (χ0) is 22.4. The fourth-order valence-electron chi connectivity index (χ4n) is 2.63. The monoisotopic (exact) mass is 456 g/mol. The molecule has 2 rings (SSSR count). The van der Waals surface area contributed by atoms with Crippen molar-refractivity contribution in [2.75, 3.05) is 5.75 Å². The number of alkyl carbamates (subject to hydrolysis) is 1. The van der Waals surface area contributed by atoms with Crippen molar-refractivity contribution in [3.8, 4) is 0 Å². The molecule has 0 heterocycles. The highest BCUT2D eigenvalue weighted by Crippen LogP contribution is 2.50. The summed E-state index contributed by atoms with van der Waals surface area (Å²) in [5.41, 5.74) is 1.77. The van der Waals surface area contributed by atoms with Crippen LogP contribution in [0.15, 0.2) is 54.6 Å². The Morgan fingerprint density at radius 2 is 1.70 bits per heavy atom. The number of benzene rings is 2. The van der Waals surface area contributed by atoms with E-state index < -0.39 is 41.3 Å². The molecule has 1 unspecified atom stereocenters. The van der Waals surface area contributed by atoms with Gasteiger partial charge >= 0.3 is 13.7 Å². The van der Waals surface area contributed by atoms with E-state index in [1.54, 1.807) is 43.3 Å². The molecule has 2 aromatic carbocycles. The number of nitrogens with one attached hydrogen (secondary N) is 2. The summed E-state index contributed by atoms with van der Waals surface area (Å²) in [6, 6.07) is 14.3. The van der Waals surface area contributed by atoms with E-state index in [4.69, 9.17) is 4.74 Å². The van der Waals surface area contributed by atoms with Gasteiger partial charge in [-0.15, -0.1) is 0 Å². The summed E-state index contributed by atoms with van der Waals surface area (Å²) >= 11 is 0. The first-order chi connectivity index (χ1) is 14.0. The molecule has 9 nitrogen and oxygen atoms in total. The second kappa shape index (κ2) is 10.2. The van der Waals surface area contributed by atoms with E-state index in [1.165, 1.54) is 19.1 Å². The summed E-state index contributed by atoms with van der Waals surface area (Å²) in [7, 11) is -8.97. The number of hydrogen-bond acceptors (Lipinski definition) is 5. The van der Waals surface area contributed by atoms with Crippen molar-refractivity contribution >= 4 is 23.7 Å². The molecule has 0 aromatic heterocycles. The molecule has 0 bridgehead atoms. The van der Waals surface area contributed by atoms with Crippen LogP contribution in [-0.2, 0) is 25.9 Å². The number of hydrogen-bond donors (Lipinski definition) is 4. The molecule has 0 fully saturated rings. The third-order valence-corrected chi connectivity index (χ3v) is 6.88. The molecule has 1 amide bonds. The van der Waals surface area contributed by atoms with Gasteiger partial charge in [-0.05, 0) is 25.0 Å². The van der Waals surface area contributed by atoms with Gasteiger partial charge in [0.05, 0.1) is 5.75 Å². The SMILES string of the molecule is Cc1ccc(C(NS(=O)(=O)C[C@H](C)NC(=O)OCc2ccccc2)P(=O)(O)O)cc1. The Labute approximate surface area is 175 Å². The van der Waals surface area contributed by atoms with Gasteiger partial charge in [0.25, 0.3) is 0 Å². The van der Waals surface area contributed by atoms with Crippen LogP contribution in [0.2, 0.25) is 0 Å². The topological polar surface area (TPSA) is 142 Å². The van der Waals surface area contributed by atoms with Crippen LogP contribution in [0.5, 0.6) is 0 Å². The van der Waals surface area contributed by atoms with E-state index in [2.05, 4.69) is 5.32 Å². The highest BCUT2D eigenvalue weighted by atomic mass is 32.2. The van der Waals surface area contributed by atoms with Crippen LogP contribution in [0.4, 0.5) is 4.79 Å². The second-order valence-corrected chi connectivity index (χ2v) is 10.4. The van der Waals surface area contributed by atoms with Gasteiger partial charge in [-0.25, -0.2) is 13.2 Å². The van der Waals surface area contributed by atoms with Gasteiger partial charge in [-0.3, -0.25) is 4.57 Å². The van der Waals surface area contributed by atoms with Crippen molar-refractivity contribution in [1.29, 1.82) is 0 Å². The van der Waals surface area contributed by atoms with Gasteiger partial charge in [-0.1, -0.05) is 60.2 Å². The lowest BCUT2D eigenvalue weighted by molar-refractivity contribution is 0.137. The maximum atomic E-state index is 12.5. The number of sulfonamides is 1. The minimum absolute atomic E-state index is 0.0259. The molecule has 11 heteroatoms. The Bertz CT molecular complexity index is 991. The lowest BCUT2D eigenvalue weighted by Crippen LogP contribution is -2.42. The fourth-order valence-corrected chi connectivity index (χ4v) is 5.54. The van der Waals surface area contributed by atoms with E-state index in [-0.39, 0.29) is 12.2 Å². The summed E-state index contributed by atoms with van der Waals surface area (Å²) in [5.74, 6) is -2.31. The van der Waals surface area contributed by atoms with Gasteiger partial charge in [0.15, 0.2) is 0 Å². The van der Waals surface area contributed by atoms with E-state index in [1.807, 2.05) is 10.8 Å². The van der Waals surface area contributed by atoms with E-state index >= 15 is 0 Å². The molecule has 0 aliphatic heterocycles. The highest BCUT2D eigenvalue weighted by Gasteiger charge is 2.34. The van der Waals surface area contributed by atoms with Crippen LogP contribution in [0.1, 0.15) is 29.4 Å². The summed E-state index contributed by atoms with van der Waals surface area (Å²) in [6.45, 7) is 3.27.